The molecule has 0 aliphatic heterocycles. The Morgan fingerprint density at radius 1 is 1.40 bits per heavy atom. The van der Waals surface area contributed by atoms with Gasteiger partial charge in [0.2, 0.25) is 5.91 Å². The summed E-state index contributed by atoms with van der Waals surface area (Å²) >= 11 is 0. The molecule has 0 aromatic rings. The van der Waals surface area contributed by atoms with Gasteiger partial charge in [0.25, 0.3) is 0 Å². The molecule has 0 aromatic carbocycles. The van der Waals surface area contributed by atoms with Crippen LogP contribution in [0.3, 0.4) is 0 Å². The maximum absolute atomic E-state index is 11.7. The van der Waals surface area contributed by atoms with Crippen LogP contribution in [0.15, 0.2) is 0 Å². The minimum absolute atomic E-state index is 0.0450. The first-order chi connectivity index (χ1) is 6.93. The van der Waals surface area contributed by atoms with Crippen LogP contribution in [0.25, 0.3) is 0 Å². The number of aliphatic hydroxyl groups excluding tert-OH is 1. The number of carbonyl (C=O) groups excluding carboxylic acids is 1. The van der Waals surface area contributed by atoms with E-state index in [1.54, 1.807) is 0 Å². The summed E-state index contributed by atoms with van der Waals surface area (Å²) in [5.74, 6) is 0.205. The highest BCUT2D eigenvalue weighted by Crippen LogP contribution is 2.07. The van der Waals surface area contributed by atoms with Crippen molar-refractivity contribution in [2.45, 2.75) is 46.2 Å². The topological polar surface area (TPSA) is 75.4 Å². The van der Waals surface area contributed by atoms with Crippen LogP contribution in [-0.2, 0) is 4.79 Å². The van der Waals surface area contributed by atoms with Gasteiger partial charge >= 0.3 is 0 Å². The second-order valence-corrected chi connectivity index (χ2v) is 4.45. The van der Waals surface area contributed by atoms with Crippen molar-refractivity contribution in [3.63, 3.8) is 0 Å². The molecule has 2 unspecified atom stereocenters. The van der Waals surface area contributed by atoms with E-state index in [-0.39, 0.29) is 30.4 Å². The molecular formula is C11H24N2O2. The van der Waals surface area contributed by atoms with E-state index in [9.17, 15) is 4.79 Å². The zero-order valence-electron chi connectivity index (χ0n) is 10.2. The van der Waals surface area contributed by atoms with Crippen molar-refractivity contribution in [2.75, 3.05) is 6.61 Å². The average Bonchev–Trinajstić information content (AvgIpc) is 2.22. The van der Waals surface area contributed by atoms with Gasteiger partial charge in [0.15, 0.2) is 0 Å². The molecule has 0 aliphatic carbocycles. The normalized spacial score (nSPS) is 17.3. The maximum Gasteiger partial charge on any atom is 0.237 e. The van der Waals surface area contributed by atoms with E-state index in [0.717, 1.165) is 6.42 Å². The van der Waals surface area contributed by atoms with E-state index >= 15 is 0 Å². The average molecular weight is 216 g/mol. The molecule has 0 aliphatic rings. The van der Waals surface area contributed by atoms with Crippen molar-refractivity contribution in [1.29, 1.82) is 0 Å². The summed E-state index contributed by atoms with van der Waals surface area (Å²) in [7, 11) is 0. The highest BCUT2D eigenvalue weighted by molar-refractivity contribution is 5.82. The Balaban J connectivity index is 4.22. The molecule has 4 nitrogen and oxygen atoms in total. The van der Waals surface area contributed by atoms with Gasteiger partial charge in [-0.05, 0) is 11.8 Å². The van der Waals surface area contributed by atoms with E-state index in [2.05, 4.69) is 5.32 Å². The van der Waals surface area contributed by atoms with Gasteiger partial charge in [0.1, 0.15) is 0 Å². The highest BCUT2D eigenvalue weighted by atomic mass is 16.3. The number of hydrogen-bond donors (Lipinski definition) is 3. The standard InChI is InChI=1S/C11H24N2O2/c1-5-8(4)10(12)11(15)13-9(6-14)7(2)3/h7-10,14H,5-6,12H2,1-4H3,(H,13,15)/t8?,9-,10?/m1/s1. The first-order valence-electron chi connectivity index (χ1n) is 5.60. The number of aliphatic hydroxyl groups is 1. The van der Waals surface area contributed by atoms with E-state index < -0.39 is 6.04 Å². The van der Waals surface area contributed by atoms with Gasteiger partial charge in [0.05, 0.1) is 18.7 Å². The summed E-state index contributed by atoms with van der Waals surface area (Å²) in [6.07, 6.45) is 0.875. The molecule has 0 fully saturated rings. The Morgan fingerprint density at radius 3 is 2.27 bits per heavy atom. The van der Waals surface area contributed by atoms with E-state index in [0.29, 0.717) is 0 Å². The molecule has 0 saturated carbocycles. The number of nitrogens with one attached hydrogen (secondary N) is 1. The van der Waals surface area contributed by atoms with Crippen LogP contribution in [0.1, 0.15) is 34.1 Å². The molecular weight excluding hydrogens is 192 g/mol. The smallest absolute Gasteiger partial charge is 0.237 e. The molecule has 0 heterocycles. The Labute approximate surface area is 92.2 Å². The molecule has 0 radical (unpaired) electrons. The summed E-state index contributed by atoms with van der Waals surface area (Å²) in [4.78, 5) is 11.7. The first kappa shape index (κ1) is 14.4. The zero-order chi connectivity index (χ0) is 12.0. The Bertz CT molecular complexity index is 195. The van der Waals surface area contributed by atoms with Gasteiger partial charge < -0.3 is 16.2 Å². The van der Waals surface area contributed by atoms with Gasteiger partial charge in [-0.2, -0.15) is 0 Å². The predicted molar refractivity (Wildman–Crippen MR) is 61.3 cm³/mol. The summed E-state index contributed by atoms with van der Waals surface area (Å²) in [6.45, 7) is 7.82. The van der Waals surface area contributed by atoms with Crippen LogP contribution in [-0.4, -0.2) is 29.7 Å². The largest absolute Gasteiger partial charge is 0.394 e. The molecule has 4 N–H and O–H groups in total. The maximum atomic E-state index is 11.7. The van der Waals surface area contributed by atoms with Crippen molar-refractivity contribution in [3.8, 4) is 0 Å². The number of carbonyl (C=O) groups is 1. The van der Waals surface area contributed by atoms with Crippen LogP contribution < -0.4 is 11.1 Å². The molecule has 0 saturated heterocycles. The number of amides is 1. The second-order valence-electron chi connectivity index (χ2n) is 4.45. The fraction of sp³-hybridized carbons (Fsp3) is 0.909. The second kappa shape index (κ2) is 6.80. The van der Waals surface area contributed by atoms with Gasteiger partial charge in [0, 0.05) is 0 Å². The summed E-state index contributed by atoms with van der Waals surface area (Å²) in [5.41, 5.74) is 5.78. The van der Waals surface area contributed by atoms with Crippen LogP contribution in [0.4, 0.5) is 0 Å². The molecule has 4 heteroatoms. The molecule has 0 aromatic heterocycles. The molecule has 0 bridgehead atoms. The summed E-state index contributed by atoms with van der Waals surface area (Å²) in [6, 6.07) is -0.685. The van der Waals surface area contributed by atoms with Crippen LogP contribution >= 0.6 is 0 Å². The SMILES string of the molecule is CCC(C)C(N)C(=O)N[C@H](CO)C(C)C. The van der Waals surface area contributed by atoms with Gasteiger partial charge in [-0.1, -0.05) is 34.1 Å². The number of rotatable bonds is 6. The highest BCUT2D eigenvalue weighted by Gasteiger charge is 2.22. The molecule has 15 heavy (non-hydrogen) atoms. The van der Waals surface area contributed by atoms with Crippen LogP contribution in [0, 0.1) is 11.8 Å². The van der Waals surface area contributed by atoms with Crippen LogP contribution in [0.5, 0.6) is 0 Å². The predicted octanol–water partition coefficient (Wildman–Crippen LogP) is 0.493. The Morgan fingerprint density at radius 2 is 1.93 bits per heavy atom. The third-order valence-corrected chi connectivity index (χ3v) is 2.89. The van der Waals surface area contributed by atoms with Crippen molar-refractivity contribution in [2.24, 2.45) is 17.6 Å². The zero-order valence-corrected chi connectivity index (χ0v) is 10.2. The third-order valence-electron chi connectivity index (χ3n) is 2.89. The molecule has 1 amide bonds. The number of hydrogen-bond acceptors (Lipinski definition) is 3. The van der Waals surface area contributed by atoms with E-state index in [4.69, 9.17) is 10.8 Å². The monoisotopic (exact) mass is 216 g/mol. The molecule has 3 atom stereocenters. The fourth-order valence-electron chi connectivity index (χ4n) is 1.21. The van der Waals surface area contributed by atoms with Gasteiger partial charge in [-0.15, -0.1) is 0 Å². The first-order valence-corrected chi connectivity index (χ1v) is 5.60. The molecule has 90 valence electrons. The minimum atomic E-state index is -0.484. The minimum Gasteiger partial charge on any atom is -0.394 e. The lowest BCUT2D eigenvalue weighted by molar-refractivity contribution is -0.124. The van der Waals surface area contributed by atoms with Crippen molar-refractivity contribution < 1.29 is 9.90 Å². The Kier molecular flexibility index (Phi) is 6.52. The summed E-state index contributed by atoms with van der Waals surface area (Å²) < 4.78 is 0. The lowest BCUT2D eigenvalue weighted by Crippen LogP contribution is -2.50. The van der Waals surface area contributed by atoms with Crippen LogP contribution in [0.2, 0.25) is 0 Å². The lowest BCUT2D eigenvalue weighted by atomic mass is 9.98. The molecule has 0 rings (SSSR count). The summed E-state index contributed by atoms with van der Waals surface area (Å²) in [5, 5.41) is 11.8. The van der Waals surface area contributed by atoms with E-state index in [1.165, 1.54) is 0 Å². The van der Waals surface area contributed by atoms with Crippen molar-refractivity contribution in [1.82, 2.24) is 5.32 Å². The van der Waals surface area contributed by atoms with Crippen molar-refractivity contribution in [3.05, 3.63) is 0 Å². The van der Waals surface area contributed by atoms with Gasteiger partial charge in [-0.25, -0.2) is 0 Å². The molecule has 0 spiro atoms. The fourth-order valence-corrected chi connectivity index (χ4v) is 1.21. The van der Waals surface area contributed by atoms with Crippen molar-refractivity contribution >= 4 is 5.91 Å². The lowest BCUT2D eigenvalue weighted by Gasteiger charge is -2.24. The van der Waals surface area contributed by atoms with Gasteiger partial charge in [-0.3, -0.25) is 4.79 Å². The quantitative estimate of drug-likeness (QED) is 0.605. The third kappa shape index (κ3) is 4.62. The van der Waals surface area contributed by atoms with E-state index in [1.807, 2.05) is 27.7 Å². The Hall–Kier alpha value is -0.610. The number of nitrogens with two attached hydrogens (primary N) is 1.